The number of anilines is 1. The van der Waals surface area contributed by atoms with Crippen molar-refractivity contribution in [3.05, 3.63) is 83.3 Å². The summed E-state index contributed by atoms with van der Waals surface area (Å²) in [6, 6.07) is 14.4. The van der Waals surface area contributed by atoms with Crippen LogP contribution in [0.2, 0.25) is 0 Å². The number of hydrogen-bond acceptors (Lipinski definition) is 6. The molecule has 2 N–H and O–H groups in total. The van der Waals surface area contributed by atoms with E-state index in [1.165, 1.54) is 30.5 Å². The van der Waals surface area contributed by atoms with Gasteiger partial charge in [0.25, 0.3) is 5.91 Å². The number of amides is 1. The van der Waals surface area contributed by atoms with Crippen LogP contribution in [0.1, 0.15) is 41.1 Å². The van der Waals surface area contributed by atoms with Gasteiger partial charge in [-0.25, -0.2) is 17.9 Å². The molecule has 2 aromatic carbocycles. The van der Waals surface area contributed by atoms with Crippen LogP contribution < -0.4 is 10.0 Å². The SMILES string of the molecule is CCc1cccc(CC)c1NC(=O)COC(=O)c1ccc(S(=O)(=O)NCc2ccco2)cc1. The minimum atomic E-state index is -3.78. The standard InChI is InChI=1S/C24H26N2O6S/c1-3-17-7-5-8-18(4-2)23(17)26-22(27)16-32-24(28)19-10-12-21(13-11-19)33(29,30)25-15-20-9-6-14-31-20/h5-14,25H,3-4,15-16H2,1-2H3,(H,26,27). The van der Waals surface area contributed by atoms with E-state index in [1.807, 2.05) is 32.0 Å². The number of hydrogen-bond donors (Lipinski definition) is 2. The van der Waals surface area contributed by atoms with E-state index in [4.69, 9.17) is 9.15 Å². The van der Waals surface area contributed by atoms with Gasteiger partial charge in [-0.05, 0) is 60.4 Å². The van der Waals surface area contributed by atoms with E-state index >= 15 is 0 Å². The Bertz CT molecular complexity index is 1180. The second-order valence-corrected chi connectivity index (χ2v) is 8.98. The molecule has 0 saturated carbocycles. The summed E-state index contributed by atoms with van der Waals surface area (Å²) in [5.41, 5.74) is 2.90. The minimum absolute atomic E-state index is 0.00776. The lowest BCUT2D eigenvalue weighted by Crippen LogP contribution is -2.23. The number of carbonyl (C=O) groups excluding carboxylic acids is 2. The average molecular weight is 471 g/mol. The number of aryl methyl sites for hydroxylation is 2. The van der Waals surface area contributed by atoms with Crippen LogP contribution in [0, 0.1) is 0 Å². The first-order valence-corrected chi connectivity index (χ1v) is 12.0. The Labute approximate surface area is 193 Å². The molecule has 1 amide bonds. The zero-order valence-corrected chi connectivity index (χ0v) is 19.3. The maximum Gasteiger partial charge on any atom is 0.338 e. The first kappa shape index (κ1) is 24.2. The van der Waals surface area contributed by atoms with Crippen LogP contribution in [-0.4, -0.2) is 26.9 Å². The molecule has 3 rings (SSSR count). The number of para-hydroxylation sites is 1. The van der Waals surface area contributed by atoms with Crippen molar-refractivity contribution in [2.45, 2.75) is 38.1 Å². The first-order valence-electron chi connectivity index (χ1n) is 10.5. The Hall–Kier alpha value is -3.43. The van der Waals surface area contributed by atoms with E-state index in [9.17, 15) is 18.0 Å². The van der Waals surface area contributed by atoms with E-state index in [2.05, 4.69) is 10.0 Å². The lowest BCUT2D eigenvalue weighted by atomic mass is 10.0. The number of benzene rings is 2. The van der Waals surface area contributed by atoms with E-state index in [0.717, 1.165) is 29.7 Å². The number of nitrogens with one attached hydrogen (secondary N) is 2. The van der Waals surface area contributed by atoms with Crippen molar-refractivity contribution in [2.75, 3.05) is 11.9 Å². The molecule has 0 saturated heterocycles. The summed E-state index contributed by atoms with van der Waals surface area (Å²) in [5.74, 6) is -0.693. The van der Waals surface area contributed by atoms with E-state index in [-0.39, 0.29) is 17.0 Å². The summed E-state index contributed by atoms with van der Waals surface area (Å²) in [6.07, 6.45) is 2.97. The summed E-state index contributed by atoms with van der Waals surface area (Å²) in [4.78, 5) is 24.7. The van der Waals surface area contributed by atoms with Gasteiger partial charge >= 0.3 is 5.97 Å². The van der Waals surface area contributed by atoms with E-state index in [0.29, 0.717) is 5.76 Å². The molecule has 0 aliphatic carbocycles. The van der Waals surface area contributed by atoms with Crippen LogP contribution in [0.25, 0.3) is 0 Å². The largest absolute Gasteiger partial charge is 0.468 e. The third-order valence-corrected chi connectivity index (χ3v) is 6.43. The molecule has 1 aromatic heterocycles. The molecule has 3 aromatic rings. The van der Waals surface area contributed by atoms with Crippen LogP contribution in [0.15, 0.2) is 70.2 Å². The third kappa shape index (κ3) is 6.30. The summed E-state index contributed by atoms with van der Waals surface area (Å²) < 4.78 is 37.4. The Morgan fingerprint density at radius 2 is 1.61 bits per heavy atom. The molecular formula is C24H26N2O6S. The Kier molecular flexibility index (Phi) is 8.02. The van der Waals surface area contributed by atoms with Gasteiger partial charge in [0.2, 0.25) is 10.0 Å². The van der Waals surface area contributed by atoms with Gasteiger partial charge in [-0.2, -0.15) is 0 Å². The highest BCUT2D eigenvalue weighted by atomic mass is 32.2. The van der Waals surface area contributed by atoms with Crippen molar-refractivity contribution in [2.24, 2.45) is 0 Å². The number of sulfonamides is 1. The molecule has 174 valence electrons. The smallest absolute Gasteiger partial charge is 0.338 e. The highest BCUT2D eigenvalue weighted by Gasteiger charge is 2.17. The van der Waals surface area contributed by atoms with Gasteiger partial charge in [0.1, 0.15) is 5.76 Å². The van der Waals surface area contributed by atoms with Gasteiger partial charge in [0.05, 0.1) is 23.3 Å². The Morgan fingerprint density at radius 3 is 2.18 bits per heavy atom. The molecule has 0 bridgehead atoms. The molecule has 0 atom stereocenters. The summed E-state index contributed by atoms with van der Waals surface area (Å²) in [7, 11) is -3.78. The third-order valence-electron chi connectivity index (χ3n) is 5.01. The molecule has 0 aliphatic rings. The molecule has 9 heteroatoms. The zero-order valence-electron chi connectivity index (χ0n) is 18.5. The van der Waals surface area contributed by atoms with Crippen molar-refractivity contribution in [1.29, 1.82) is 0 Å². The molecule has 0 radical (unpaired) electrons. The molecule has 0 aliphatic heterocycles. The maximum absolute atomic E-state index is 12.4. The zero-order chi connectivity index (χ0) is 23.8. The summed E-state index contributed by atoms with van der Waals surface area (Å²) in [6.45, 7) is 3.56. The second-order valence-electron chi connectivity index (χ2n) is 7.21. The number of ether oxygens (including phenoxy) is 1. The minimum Gasteiger partial charge on any atom is -0.468 e. The van der Waals surface area contributed by atoms with Gasteiger partial charge in [-0.15, -0.1) is 0 Å². The average Bonchev–Trinajstić information content (AvgIpc) is 3.35. The fourth-order valence-corrected chi connectivity index (χ4v) is 4.22. The first-order chi connectivity index (χ1) is 15.8. The molecule has 1 heterocycles. The fourth-order valence-electron chi connectivity index (χ4n) is 3.23. The van der Waals surface area contributed by atoms with Gasteiger partial charge in [-0.3, -0.25) is 4.79 Å². The molecule has 0 spiro atoms. The van der Waals surface area contributed by atoms with Crippen LogP contribution in [0.4, 0.5) is 5.69 Å². The van der Waals surface area contributed by atoms with Crippen LogP contribution in [0.3, 0.4) is 0 Å². The van der Waals surface area contributed by atoms with Gasteiger partial charge in [0.15, 0.2) is 6.61 Å². The number of furan rings is 1. The van der Waals surface area contributed by atoms with Crippen molar-refractivity contribution < 1.29 is 27.2 Å². The van der Waals surface area contributed by atoms with E-state index < -0.39 is 28.5 Å². The summed E-state index contributed by atoms with van der Waals surface area (Å²) in [5, 5.41) is 2.83. The highest BCUT2D eigenvalue weighted by Crippen LogP contribution is 2.22. The Morgan fingerprint density at radius 1 is 0.939 bits per heavy atom. The monoisotopic (exact) mass is 470 g/mol. The van der Waals surface area contributed by atoms with Gasteiger partial charge in [-0.1, -0.05) is 32.0 Å². The van der Waals surface area contributed by atoms with Crippen LogP contribution in [0.5, 0.6) is 0 Å². The second kappa shape index (κ2) is 10.9. The van der Waals surface area contributed by atoms with Crippen molar-refractivity contribution in [3.63, 3.8) is 0 Å². The van der Waals surface area contributed by atoms with Crippen molar-refractivity contribution in [1.82, 2.24) is 4.72 Å². The predicted octanol–water partition coefficient (Wildman–Crippen LogP) is 3.68. The molecule has 0 unspecified atom stereocenters. The van der Waals surface area contributed by atoms with Crippen molar-refractivity contribution in [3.8, 4) is 0 Å². The lowest BCUT2D eigenvalue weighted by Gasteiger charge is -2.14. The number of esters is 1. The summed E-state index contributed by atoms with van der Waals surface area (Å²) >= 11 is 0. The quantitative estimate of drug-likeness (QED) is 0.437. The molecule has 33 heavy (non-hydrogen) atoms. The van der Waals surface area contributed by atoms with Crippen LogP contribution >= 0.6 is 0 Å². The normalized spacial score (nSPS) is 11.2. The molecule has 0 fully saturated rings. The molecular weight excluding hydrogens is 444 g/mol. The van der Waals surface area contributed by atoms with Crippen LogP contribution in [-0.2, 0) is 38.9 Å². The highest BCUT2D eigenvalue weighted by molar-refractivity contribution is 7.89. The Balaban J connectivity index is 1.57. The maximum atomic E-state index is 12.4. The fraction of sp³-hybridized carbons (Fsp3) is 0.250. The lowest BCUT2D eigenvalue weighted by molar-refractivity contribution is -0.119. The van der Waals surface area contributed by atoms with E-state index in [1.54, 1.807) is 12.1 Å². The van der Waals surface area contributed by atoms with Gasteiger partial charge in [0, 0.05) is 5.69 Å². The predicted molar refractivity (Wildman–Crippen MR) is 123 cm³/mol. The number of rotatable bonds is 10. The van der Waals surface area contributed by atoms with Gasteiger partial charge < -0.3 is 14.5 Å². The number of carbonyl (C=O) groups is 2. The molecule has 8 nitrogen and oxygen atoms in total. The van der Waals surface area contributed by atoms with Crippen molar-refractivity contribution >= 4 is 27.6 Å². The topological polar surface area (TPSA) is 115 Å².